The van der Waals surface area contributed by atoms with Crippen molar-refractivity contribution in [3.05, 3.63) is 65.0 Å². The van der Waals surface area contributed by atoms with Gasteiger partial charge in [-0.2, -0.15) is 21.6 Å². The Kier molecular flexibility index (Phi) is 6.04. The lowest BCUT2D eigenvalue weighted by molar-refractivity contribution is -0.0510. The third-order valence-corrected chi connectivity index (χ3v) is 5.98. The summed E-state index contributed by atoms with van der Waals surface area (Å²) in [4.78, 5) is 4.60. The molecule has 0 fully saturated rings. The largest absolute Gasteiger partial charge is 0.522 e. The van der Waals surface area contributed by atoms with Crippen molar-refractivity contribution in [1.29, 1.82) is 0 Å². The summed E-state index contributed by atoms with van der Waals surface area (Å²) >= 11 is 0. The Bertz CT molecular complexity index is 1290. The summed E-state index contributed by atoms with van der Waals surface area (Å²) in [6.45, 7) is 1.59. The minimum Gasteiger partial charge on any atom is -0.462 e. The first-order valence-electron chi connectivity index (χ1n) is 9.82. The van der Waals surface area contributed by atoms with E-state index < -0.39 is 21.2 Å². The molecule has 8 nitrogen and oxygen atoms in total. The van der Waals surface area contributed by atoms with E-state index in [1.807, 2.05) is 12.1 Å². The quantitative estimate of drug-likeness (QED) is 0.346. The Labute approximate surface area is 191 Å². The molecule has 1 spiro atoms. The van der Waals surface area contributed by atoms with Gasteiger partial charge >= 0.3 is 15.6 Å². The van der Waals surface area contributed by atoms with Crippen molar-refractivity contribution in [2.24, 2.45) is 10.7 Å². The lowest BCUT2D eigenvalue weighted by Gasteiger charge is -2.33. The standard InChI is InChI=1S/C20H17FN2O3.CHF3O3S/c21-14-2-3-15-18(10-14)26-17-4-1-13(12-5-7-24-8-6-12)9-16(17)20(15)11-25-19(22)23-20;2-1(3,4)8(5,6)7/h1-5,9-10H,6-8,11H2,(H2,22,23);(H,5,6,7)/t20-;/m1./s1. The van der Waals surface area contributed by atoms with Crippen LogP contribution in [0.2, 0.25) is 0 Å². The van der Waals surface area contributed by atoms with Crippen molar-refractivity contribution in [3.63, 3.8) is 0 Å². The lowest BCUT2D eigenvalue weighted by atomic mass is 9.80. The Balaban J connectivity index is 0.000000297. The van der Waals surface area contributed by atoms with E-state index >= 15 is 0 Å². The summed E-state index contributed by atoms with van der Waals surface area (Å²) in [7, 11) is -5.84. The van der Waals surface area contributed by atoms with Crippen LogP contribution in [0.25, 0.3) is 5.57 Å². The highest BCUT2D eigenvalue weighted by Crippen LogP contribution is 2.51. The first-order valence-corrected chi connectivity index (χ1v) is 11.3. The van der Waals surface area contributed by atoms with Crippen molar-refractivity contribution in [2.45, 2.75) is 17.5 Å². The molecule has 1 atom stereocenters. The van der Waals surface area contributed by atoms with E-state index in [2.05, 4.69) is 17.1 Å². The first kappa shape index (κ1) is 24.0. The van der Waals surface area contributed by atoms with Gasteiger partial charge in [0.2, 0.25) is 0 Å². The molecule has 0 amide bonds. The Morgan fingerprint density at radius 1 is 1.09 bits per heavy atom. The van der Waals surface area contributed by atoms with Crippen LogP contribution in [0.5, 0.6) is 11.5 Å². The molecule has 13 heteroatoms. The van der Waals surface area contributed by atoms with Gasteiger partial charge in [0.1, 0.15) is 23.9 Å². The summed E-state index contributed by atoms with van der Waals surface area (Å²) in [6, 6.07) is 10.6. The molecule has 0 aliphatic carbocycles. The smallest absolute Gasteiger partial charge is 0.462 e. The van der Waals surface area contributed by atoms with Gasteiger partial charge in [-0.3, -0.25) is 4.55 Å². The number of amidine groups is 1. The van der Waals surface area contributed by atoms with Gasteiger partial charge in [-0.05, 0) is 41.8 Å². The van der Waals surface area contributed by atoms with Crippen LogP contribution in [0.3, 0.4) is 0 Å². The molecule has 0 saturated carbocycles. The van der Waals surface area contributed by atoms with Crippen LogP contribution in [0.15, 0.2) is 47.5 Å². The topological polar surface area (TPSA) is 120 Å². The Hall–Kier alpha value is -3.16. The molecule has 2 aromatic rings. The molecule has 3 heterocycles. The van der Waals surface area contributed by atoms with Crippen LogP contribution in [0.1, 0.15) is 23.1 Å². The fourth-order valence-electron chi connectivity index (χ4n) is 3.82. The fourth-order valence-corrected chi connectivity index (χ4v) is 3.82. The second-order valence-electron chi connectivity index (χ2n) is 7.53. The van der Waals surface area contributed by atoms with Gasteiger partial charge in [0.25, 0.3) is 6.02 Å². The molecule has 0 unspecified atom stereocenters. The van der Waals surface area contributed by atoms with Crippen molar-refractivity contribution in [2.75, 3.05) is 19.8 Å². The van der Waals surface area contributed by atoms with Gasteiger partial charge < -0.3 is 19.9 Å². The molecular formula is C21H18F4N2O6S. The molecule has 3 N–H and O–H groups in total. The lowest BCUT2D eigenvalue weighted by Crippen LogP contribution is -2.31. The summed E-state index contributed by atoms with van der Waals surface area (Å²) in [5.74, 6) is 0.723. The zero-order valence-corrected chi connectivity index (χ0v) is 18.1. The number of benzene rings is 2. The highest BCUT2D eigenvalue weighted by atomic mass is 32.2. The number of rotatable bonds is 1. The molecule has 0 bridgehead atoms. The van der Waals surface area contributed by atoms with Gasteiger partial charge in [-0.15, -0.1) is 0 Å². The van der Waals surface area contributed by atoms with E-state index in [0.717, 1.165) is 23.1 Å². The number of hydrogen-bond acceptors (Lipinski definition) is 7. The third kappa shape index (κ3) is 4.45. The number of aliphatic imine (C=N–C) groups is 1. The zero-order chi connectivity index (χ0) is 24.7. The van der Waals surface area contributed by atoms with E-state index in [4.69, 9.17) is 32.9 Å². The van der Waals surface area contributed by atoms with E-state index in [0.29, 0.717) is 24.7 Å². The molecule has 34 heavy (non-hydrogen) atoms. The van der Waals surface area contributed by atoms with Crippen LogP contribution < -0.4 is 10.5 Å². The molecule has 182 valence electrons. The number of alkyl halides is 3. The van der Waals surface area contributed by atoms with Crippen molar-refractivity contribution in [1.82, 2.24) is 0 Å². The summed E-state index contributed by atoms with van der Waals surface area (Å²) in [5.41, 5.74) is 3.46. The van der Waals surface area contributed by atoms with Crippen molar-refractivity contribution in [3.8, 4) is 11.5 Å². The highest BCUT2D eigenvalue weighted by molar-refractivity contribution is 7.86. The Morgan fingerprint density at radius 3 is 2.41 bits per heavy atom. The van der Waals surface area contributed by atoms with Crippen LogP contribution in [-0.4, -0.2) is 44.3 Å². The van der Waals surface area contributed by atoms with Gasteiger partial charge in [0.15, 0.2) is 5.54 Å². The predicted octanol–water partition coefficient (Wildman–Crippen LogP) is 3.72. The molecule has 3 aliphatic rings. The van der Waals surface area contributed by atoms with Crippen LogP contribution in [0.4, 0.5) is 17.6 Å². The number of fused-ring (bicyclic) bond motifs is 4. The van der Waals surface area contributed by atoms with E-state index in [9.17, 15) is 17.6 Å². The van der Waals surface area contributed by atoms with Crippen LogP contribution >= 0.6 is 0 Å². The highest BCUT2D eigenvalue weighted by Gasteiger charge is 2.47. The number of hydrogen-bond donors (Lipinski definition) is 2. The minimum absolute atomic E-state index is 0.129. The minimum atomic E-state index is -5.84. The van der Waals surface area contributed by atoms with Crippen molar-refractivity contribution >= 4 is 21.7 Å². The predicted molar refractivity (Wildman–Crippen MR) is 112 cm³/mol. The van der Waals surface area contributed by atoms with Gasteiger partial charge in [-0.1, -0.05) is 12.1 Å². The van der Waals surface area contributed by atoms with Gasteiger partial charge in [0.05, 0.1) is 13.2 Å². The molecule has 5 rings (SSSR count). The van der Waals surface area contributed by atoms with E-state index in [-0.39, 0.29) is 18.4 Å². The fraction of sp³-hybridized carbons (Fsp3) is 0.286. The van der Waals surface area contributed by atoms with Gasteiger partial charge in [-0.25, -0.2) is 9.38 Å². The number of nitrogens with two attached hydrogens (primary N) is 1. The van der Waals surface area contributed by atoms with E-state index in [1.165, 1.54) is 17.7 Å². The molecule has 3 aliphatic heterocycles. The SMILES string of the molecule is NC1=N[C@]2(CO1)c1ccc(F)cc1Oc1ccc(C3=CCOCC3)cc12.O=S(=O)(O)C(F)(F)F. The third-order valence-electron chi connectivity index (χ3n) is 5.39. The molecule has 2 aromatic carbocycles. The number of nitrogens with zero attached hydrogens (tertiary/aromatic N) is 1. The monoisotopic (exact) mass is 502 g/mol. The number of halogens is 4. The number of ether oxygens (including phenoxy) is 3. The van der Waals surface area contributed by atoms with Crippen LogP contribution in [0, 0.1) is 5.82 Å². The van der Waals surface area contributed by atoms with E-state index in [1.54, 1.807) is 6.07 Å². The zero-order valence-electron chi connectivity index (χ0n) is 17.3. The average molecular weight is 502 g/mol. The summed E-state index contributed by atoms with van der Waals surface area (Å²) < 4.78 is 88.2. The normalized spacial score (nSPS) is 21.2. The average Bonchev–Trinajstić information content (AvgIpc) is 3.15. The molecule has 0 saturated heterocycles. The second-order valence-corrected chi connectivity index (χ2v) is 8.94. The van der Waals surface area contributed by atoms with Gasteiger partial charge in [0, 0.05) is 17.2 Å². The molecule has 0 aromatic heterocycles. The maximum atomic E-state index is 13.7. The Morgan fingerprint density at radius 2 is 1.82 bits per heavy atom. The molecule has 0 radical (unpaired) electrons. The summed E-state index contributed by atoms with van der Waals surface area (Å²) in [6.07, 6.45) is 2.95. The van der Waals surface area contributed by atoms with Crippen LogP contribution in [-0.2, 0) is 25.1 Å². The first-order chi connectivity index (χ1) is 15.9. The maximum absolute atomic E-state index is 13.7. The second kappa shape index (κ2) is 8.56. The molecular weight excluding hydrogens is 484 g/mol. The maximum Gasteiger partial charge on any atom is 0.522 e. The summed E-state index contributed by atoms with van der Waals surface area (Å²) in [5, 5.41) is 0. The van der Waals surface area contributed by atoms with Crippen molar-refractivity contribution < 1.29 is 44.7 Å².